The molecular weight excluding hydrogens is 218 g/mol. The van der Waals surface area contributed by atoms with Crippen molar-refractivity contribution in [3.05, 3.63) is 34.2 Å². The summed E-state index contributed by atoms with van der Waals surface area (Å²) >= 11 is 5.73. The lowest BCUT2D eigenvalue weighted by atomic mass is 10.3. The van der Waals surface area contributed by atoms with Gasteiger partial charge in [0.15, 0.2) is 0 Å². The Morgan fingerprint density at radius 2 is 1.87 bits per heavy atom. The van der Waals surface area contributed by atoms with Crippen LogP contribution in [0.1, 0.15) is 0 Å². The molecule has 5 nitrogen and oxygen atoms in total. The minimum absolute atomic E-state index is 0.324. The fourth-order valence-corrected chi connectivity index (χ4v) is 1.59. The summed E-state index contributed by atoms with van der Waals surface area (Å²) in [7, 11) is 0. The Kier molecular flexibility index (Phi) is 2.55. The monoisotopic (exact) mass is 225 g/mol. The summed E-state index contributed by atoms with van der Waals surface area (Å²) in [5.41, 5.74) is 0.718. The van der Waals surface area contributed by atoms with Gasteiger partial charge in [0, 0.05) is 17.3 Å². The van der Waals surface area contributed by atoms with Crippen LogP contribution >= 0.6 is 11.6 Å². The van der Waals surface area contributed by atoms with E-state index in [1.165, 1.54) is 4.90 Å². The molecule has 1 fully saturated rings. The number of hydrogen-bond donors (Lipinski definition) is 0. The number of amides is 2. The topological polar surface area (TPSA) is 53.0 Å². The van der Waals surface area contributed by atoms with Gasteiger partial charge in [0.05, 0.1) is 11.8 Å². The van der Waals surface area contributed by atoms with Crippen molar-refractivity contribution in [2.24, 2.45) is 5.29 Å². The average Bonchev–Trinajstić information content (AvgIpc) is 2.61. The maximum absolute atomic E-state index is 11.5. The van der Waals surface area contributed by atoms with Gasteiger partial charge in [-0.3, -0.25) is 4.90 Å². The first kappa shape index (κ1) is 9.92. The standard InChI is InChI=1S/C9H8ClN3O2/c10-7-1-3-8(4-2-7)12-5-6-13(11-15)9(12)14/h1-4H,5-6H2. The highest BCUT2D eigenvalue weighted by Gasteiger charge is 2.30. The van der Waals surface area contributed by atoms with Crippen LogP contribution in [0.2, 0.25) is 5.02 Å². The molecule has 0 aliphatic carbocycles. The molecule has 0 bridgehead atoms. The second-order valence-electron chi connectivity index (χ2n) is 3.12. The van der Waals surface area contributed by atoms with Gasteiger partial charge in [-0.1, -0.05) is 11.6 Å². The first-order valence-corrected chi connectivity index (χ1v) is 4.78. The molecule has 0 aromatic heterocycles. The van der Waals surface area contributed by atoms with Gasteiger partial charge in [-0.15, -0.1) is 4.91 Å². The quantitative estimate of drug-likeness (QED) is 0.725. The fraction of sp³-hybridized carbons (Fsp3) is 0.222. The highest BCUT2D eigenvalue weighted by atomic mass is 35.5. The third kappa shape index (κ3) is 1.78. The van der Waals surface area contributed by atoms with Crippen molar-refractivity contribution >= 4 is 23.3 Å². The van der Waals surface area contributed by atoms with Crippen molar-refractivity contribution in [2.45, 2.75) is 0 Å². The molecule has 1 heterocycles. The Morgan fingerprint density at radius 3 is 2.40 bits per heavy atom. The molecule has 0 unspecified atom stereocenters. The van der Waals surface area contributed by atoms with Crippen molar-refractivity contribution in [1.29, 1.82) is 0 Å². The molecule has 0 N–H and O–H groups in total. The molecule has 0 radical (unpaired) electrons. The summed E-state index contributed by atoms with van der Waals surface area (Å²) in [5.74, 6) is 0. The summed E-state index contributed by atoms with van der Waals surface area (Å²) in [6.45, 7) is 0.789. The van der Waals surface area contributed by atoms with E-state index in [1.54, 1.807) is 24.3 Å². The molecular formula is C9H8ClN3O2. The molecule has 1 aliphatic rings. The molecule has 1 aromatic rings. The average molecular weight is 226 g/mol. The molecule has 0 atom stereocenters. The second kappa shape index (κ2) is 3.86. The van der Waals surface area contributed by atoms with Gasteiger partial charge in [-0.05, 0) is 24.3 Å². The van der Waals surface area contributed by atoms with E-state index in [4.69, 9.17) is 11.6 Å². The van der Waals surface area contributed by atoms with Crippen LogP contribution in [-0.2, 0) is 0 Å². The third-order valence-corrected chi connectivity index (χ3v) is 2.48. The lowest BCUT2D eigenvalue weighted by molar-refractivity contribution is 0.222. The van der Waals surface area contributed by atoms with Crippen molar-refractivity contribution in [3.8, 4) is 0 Å². The van der Waals surface area contributed by atoms with Crippen LogP contribution < -0.4 is 4.90 Å². The van der Waals surface area contributed by atoms with E-state index in [9.17, 15) is 9.70 Å². The molecule has 2 rings (SSSR count). The van der Waals surface area contributed by atoms with Gasteiger partial charge in [-0.2, -0.15) is 5.01 Å². The molecule has 78 valence electrons. The largest absolute Gasteiger partial charge is 0.347 e. The Bertz CT molecular complexity index is 393. The zero-order valence-corrected chi connectivity index (χ0v) is 8.52. The highest BCUT2D eigenvalue weighted by molar-refractivity contribution is 6.30. The van der Waals surface area contributed by atoms with Gasteiger partial charge in [0.2, 0.25) is 0 Å². The van der Waals surface area contributed by atoms with Crippen molar-refractivity contribution in [2.75, 3.05) is 18.0 Å². The van der Waals surface area contributed by atoms with Crippen LogP contribution in [0.15, 0.2) is 29.6 Å². The first-order chi connectivity index (χ1) is 7.22. The van der Waals surface area contributed by atoms with Crippen LogP contribution in [0.5, 0.6) is 0 Å². The number of anilines is 1. The van der Waals surface area contributed by atoms with E-state index < -0.39 is 6.03 Å². The van der Waals surface area contributed by atoms with Crippen LogP contribution in [0.3, 0.4) is 0 Å². The Balaban J connectivity index is 2.22. The number of halogens is 1. The number of benzene rings is 1. The van der Waals surface area contributed by atoms with E-state index >= 15 is 0 Å². The fourth-order valence-electron chi connectivity index (χ4n) is 1.46. The van der Waals surface area contributed by atoms with Crippen LogP contribution in [0.4, 0.5) is 10.5 Å². The Hall–Kier alpha value is -1.62. The molecule has 6 heteroatoms. The molecule has 0 saturated carbocycles. The van der Waals surface area contributed by atoms with Crippen LogP contribution in [-0.4, -0.2) is 24.1 Å². The van der Waals surface area contributed by atoms with E-state index in [2.05, 4.69) is 5.29 Å². The van der Waals surface area contributed by atoms with E-state index in [0.717, 1.165) is 10.7 Å². The smallest absolute Gasteiger partial charge is 0.291 e. The predicted octanol–water partition coefficient (Wildman–Crippen LogP) is 2.26. The minimum atomic E-state index is -0.396. The molecule has 2 amide bonds. The molecule has 15 heavy (non-hydrogen) atoms. The number of carbonyl (C=O) groups excluding carboxylic acids is 1. The summed E-state index contributed by atoms with van der Waals surface area (Å²) < 4.78 is 0. The Labute approximate surface area is 91.2 Å². The van der Waals surface area contributed by atoms with Crippen molar-refractivity contribution in [1.82, 2.24) is 5.01 Å². The van der Waals surface area contributed by atoms with E-state index in [-0.39, 0.29) is 0 Å². The molecule has 1 saturated heterocycles. The molecule has 0 spiro atoms. The SMILES string of the molecule is O=NN1CCN(c2ccc(Cl)cc2)C1=O. The number of nitroso groups, excluding NO2 is 1. The van der Waals surface area contributed by atoms with Gasteiger partial charge in [0.1, 0.15) is 0 Å². The van der Waals surface area contributed by atoms with Gasteiger partial charge < -0.3 is 0 Å². The van der Waals surface area contributed by atoms with Gasteiger partial charge >= 0.3 is 6.03 Å². The summed E-state index contributed by atoms with van der Waals surface area (Å²) in [4.78, 5) is 23.3. The number of hydrogen-bond acceptors (Lipinski definition) is 3. The van der Waals surface area contributed by atoms with Crippen LogP contribution in [0, 0.1) is 4.91 Å². The van der Waals surface area contributed by atoms with Crippen molar-refractivity contribution < 1.29 is 4.79 Å². The molecule has 1 aromatic carbocycles. The zero-order valence-electron chi connectivity index (χ0n) is 7.76. The number of nitrogens with zero attached hydrogens (tertiary/aromatic N) is 3. The maximum Gasteiger partial charge on any atom is 0.347 e. The predicted molar refractivity (Wildman–Crippen MR) is 56.7 cm³/mol. The van der Waals surface area contributed by atoms with E-state index in [0.29, 0.717) is 18.1 Å². The number of urea groups is 1. The van der Waals surface area contributed by atoms with Gasteiger partial charge in [-0.25, -0.2) is 4.79 Å². The number of carbonyl (C=O) groups is 1. The van der Waals surface area contributed by atoms with Crippen LogP contribution in [0.25, 0.3) is 0 Å². The highest BCUT2D eigenvalue weighted by Crippen LogP contribution is 2.22. The first-order valence-electron chi connectivity index (χ1n) is 4.40. The van der Waals surface area contributed by atoms with Gasteiger partial charge in [0.25, 0.3) is 0 Å². The normalized spacial score (nSPS) is 15.9. The summed E-state index contributed by atoms with van der Waals surface area (Å²) in [6, 6.07) is 6.46. The van der Waals surface area contributed by atoms with Crippen molar-refractivity contribution in [3.63, 3.8) is 0 Å². The lowest BCUT2D eigenvalue weighted by Crippen LogP contribution is -2.28. The maximum atomic E-state index is 11.5. The minimum Gasteiger partial charge on any atom is -0.291 e. The van der Waals surface area contributed by atoms with E-state index in [1.807, 2.05) is 0 Å². The summed E-state index contributed by atoms with van der Waals surface area (Å²) in [6.07, 6.45) is 0. The Morgan fingerprint density at radius 1 is 1.20 bits per heavy atom. The third-order valence-electron chi connectivity index (χ3n) is 2.22. The zero-order chi connectivity index (χ0) is 10.8. The number of rotatable bonds is 2. The summed E-state index contributed by atoms with van der Waals surface area (Å²) in [5, 5.41) is 4.13. The lowest BCUT2D eigenvalue weighted by Gasteiger charge is -2.14. The second-order valence-corrected chi connectivity index (χ2v) is 3.55. The molecule has 1 aliphatic heterocycles.